The van der Waals surface area contributed by atoms with Gasteiger partial charge in [0, 0.05) is 7.05 Å². The highest BCUT2D eigenvalue weighted by Gasteiger charge is 2.15. The van der Waals surface area contributed by atoms with Gasteiger partial charge in [0.25, 0.3) is 0 Å². The van der Waals surface area contributed by atoms with Gasteiger partial charge in [0.05, 0.1) is 12.9 Å². The maximum atomic E-state index is 11.6. The number of amides is 3. The Labute approximate surface area is 136 Å². The molecule has 0 fully saturated rings. The molecule has 0 saturated carbocycles. The Morgan fingerprint density at radius 3 is 2.87 bits per heavy atom. The van der Waals surface area contributed by atoms with Crippen molar-refractivity contribution in [3.8, 4) is 11.4 Å². The number of tetrazole rings is 1. The van der Waals surface area contributed by atoms with Crippen LogP contribution in [-0.4, -0.2) is 52.1 Å². The number of carbonyl (C=O) groups excluding carboxylic acids is 2. The van der Waals surface area contributed by atoms with Crippen molar-refractivity contribution >= 4 is 23.7 Å². The fourth-order valence-electron chi connectivity index (χ4n) is 1.74. The summed E-state index contributed by atoms with van der Waals surface area (Å²) >= 11 is 1.11. The molecule has 0 radical (unpaired) electrons. The number of aryl methyl sites for hydroxylation is 1. The van der Waals surface area contributed by atoms with Gasteiger partial charge in [0.2, 0.25) is 11.1 Å². The number of imide groups is 1. The van der Waals surface area contributed by atoms with Crippen molar-refractivity contribution in [1.82, 2.24) is 30.8 Å². The molecule has 0 aliphatic carbocycles. The number of thioether (sulfide) groups is 1. The predicted octanol–water partition coefficient (Wildman–Crippen LogP) is 0.527. The molecular weight excluding hydrogens is 320 g/mol. The van der Waals surface area contributed by atoms with Crippen molar-refractivity contribution in [2.75, 3.05) is 19.9 Å². The van der Waals surface area contributed by atoms with E-state index in [-0.39, 0.29) is 5.75 Å². The highest BCUT2D eigenvalue weighted by Crippen LogP contribution is 2.26. The van der Waals surface area contributed by atoms with Crippen molar-refractivity contribution < 1.29 is 14.3 Å². The molecule has 0 bridgehead atoms. The van der Waals surface area contributed by atoms with Crippen LogP contribution in [0, 0.1) is 6.92 Å². The molecule has 10 heteroatoms. The summed E-state index contributed by atoms with van der Waals surface area (Å²) in [5.74, 6) is 0.168. The summed E-state index contributed by atoms with van der Waals surface area (Å²) in [6.45, 7) is 1.94. The van der Waals surface area contributed by atoms with E-state index in [1.807, 2.05) is 25.1 Å². The number of ether oxygens (including phenoxy) is 1. The average molecular weight is 336 g/mol. The van der Waals surface area contributed by atoms with Crippen molar-refractivity contribution in [3.05, 3.63) is 23.8 Å². The number of benzene rings is 1. The second-order valence-corrected chi connectivity index (χ2v) is 5.41. The molecule has 1 heterocycles. The van der Waals surface area contributed by atoms with Gasteiger partial charge in [-0.25, -0.2) is 4.79 Å². The van der Waals surface area contributed by atoms with Gasteiger partial charge in [0.15, 0.2) is 0 Å². The van der Waals surface area contributed by atoms with Crippen LogP contribution in [0.15, 0.2) is 23.4 Å². The lowest BCUT2D eigenvalue weighted by atomic mass is 10.2. The first-order valence-corrected chi connectivity index (χ1v) is 7.61. The normalized spacial score (nSPS) is 10.2. The number of hydrogen-bond donors (Lipinski definition) is 2. The third kappa shape index (κ3) is 4.19. The Bertz CT molecular complexity index is 717. The molecule has 2 aromatic rings. The fraction of sp³-hybridized carbons (Fsp3) is 0.308. The number of urea groups is 1. The Kier molecular flexibility index (Phi) is 5.52. The van der Waals surface area contributed by atoms with Gasteiger partial charge < -0.3 is 10.1 Å². The summed E-state index contributed by atoms with van der Waals surface area (Å²) < 4.78 is 6.80. The molecule has 0 atom stereocenters. The Balaban J connectivity index is 2.16. The summed E-state index contributed by atoms with van der Waals surface area (Å²) in [7, 11) is 2.99. The van der Waals surface area contributed by atoms with Gasteiger partial charge in [-0.15, -0.1) is 5.10 Å². The molecule has 2 rings (SSSR count). The average Bonchev–Trinajstić information content (AvgIpc) is 3.01. The van der Waals surface area contributed by atoms with E-state index in [2.05, 4.69) is 26.2 Å². The van der Waals surface area contributed by atoms with E-state index >= 15 is 0 Å². The van der Waals surface area contributed by atoms with Crippen LogP contribution in [0.2, 0.25) is 0 Å². The highest BCUT2D eigenvalue weighted by molar-refractivity contribution is 7.99. The zero-order chi connectivity index (χ0) is 16.8. The Morgan fingerprint density at radius 1 is 1.39 bits per heavy atom. The maximum Gasteiger partial charge on any atom is 0.321 e. The van der Waals surface area contributed by atoms with Gasteiger partial charge in [-0.2, -0.15) is 4.68 Å². The van der Waals surface area contributed by atoms with Crippen molar-refractivity contribution in [2.45, 2.75) is 12.1 Å². The molecule has 0 aliphatic rings. The third-order valence-corrected chi connectivity index (χ3v) is 3.74. The second kappa shape index (κ2) is 7.58. The molecular formula is C13H16N6O3S. The van der Waals surface area contributed by atoms with Crippen LogP contribution in [-0.2, 0) is 4.79 Å². The second-order valence-electron chi connectivity index (χ2n) is 4.46. The summed E-state index contributed by atoms with van der Waals surface area (Å²) in [6, 6.07) is 5.05. The fourth-order valence-corrected chi connectivity index (χ4v) is 2.42. The molecule has 0 saturated heterocycles. The number of methoxy groups -OCH3 is 1. The minimum atomic E-state index is -0.560. The molecule has 0 aliphatic heterocycles. The van der Waals surface area contributed by atoms with Crippen LogP contribution >= 0.6 is 11.8 Å². The molecule has 0 unspecified atom stereocenters. The van der Waals surface area contributed by atoms with Crippen LogP contribution < -0.4 is 15.4 Å². The molecule has 122 valence electrons. The Morgan fingerprint density at radius 2 is 2.17 bits per heavy atom. The van der Waals surface area contributed by atoms with Gasteiger partial charge in [-0.1, -0.05) is 17.8 Å². The number of hydrogen-bond acceptors (Lipinski definition) is 7. The van der Waals surface area contributed by atoms with Gasteiger partial charge in [-0.05, 0) is 35.0 Å². The zero-order valence-electron chi connectivity index (χ0n) is 12.9. The first-order chi connectivity index (χ1) is 11.0. The summed E-state index contributed by atoms with van der Waals surface area (Å²) in [4.78, 5) is 22.7. The molecule has 23 heavy (non-hydrogen) atoms. The van der Waals surface area contributed by atoms with Crippen LogP contribution in [0.25, 0.3) is 5.69 Å². The van der Waals surface area contributed by atoms with Crippen LogP contribution in [0.5, 0.6) is 5.75 Å². The summed E-state index contributed by atoms with van der Waals surface area (Å²) in [6.07, 6.45) is 0. The lowest BCUT2D eigenvalue weighted by Gasteiger charge is -2.10. The van der Waals surface area contributed by atoms with Crippen molar-refractivity contribution in [1.29, 1.82) is 0 Å². The zero-order valence-corrected chi connectivity index (χ0v) is 13.7. The van der Waals surface area contributed by atoms with Crippen LogP contribution in [0.4, 0.5) is 4.79 Å². The summed E-state index contributed by atoms with van der Waals surface area (Å²) in [5, 5.41) is 16.4. The van der Waals surface area contributed by atoms with E-state index in [9.17, 15) is 9.59 Å². The molecule has 0 spiro atoms. The van der Waals surface area contributed by atoms with Crippen LogP contribution in [0.1, 0.15) is 5.56 Å². The minimum absolute atomic E-state index is 0.00191. The first-order valence-electron chi connectivity index (χ1n) is 6.63. The minimum Gasteiger partial charge on any atom is -0.494 e. The van der Waals surface area contributed by atoms with Crippen molar-refractivity contribution in [3.63, 3.8) is 0 Å². The van der Waals surface area contributed by atoms with Crippen LogP contribution in [0.3, 0.4) is 0 Å². The first kappa shape index (κ1) is 16.7. The number of aromatic nitrogens is 4. The molecule has 1 aromatic heterocycles. The van der Waals surface area contributed by atoms with Gasteiger partial charge in [0.1, 0.15) is 11.4 Å². The molecule has 3 amide bonds. The largest absolute Gasteiger partial charge is 0.494 e. The number of nitrogens with zero attached hydrogens (tertiary/aromatic N) is 4. The number of nitrogens with one attached hydrogen (secondary N) is 2. The van der Waals surface area contributed by atoms with E-state index in [4.69, 9.17) is 4.74 Å². The van der Waals surface area contributed by atoms with Gasteiger partial charge >= 0.3 is 6.03 Å². The lowest BCUT2D eigenvalue weighted by Crippen LogP contribution is -2.38. The SMILES string of the molecule is CNC(=O)NC(=O)CSc1nnnn1-c1cc(C)ccc1OC. The van der Waals surface area contributed by atoms with Gasteiger partial charge in [-0.3, -0.25) is 10.1 Å². The maximum absolute atomic E-state index is 11.6. The monoisotopic (exact) mass is 336 g/mol. The standard InChI is InChI=1S/C13H16N6O3S/c1-8-4-5-10(22-3)9(6-8)19-13(16-17-18-19)23-7-11(20)15-12(21)14-2/h4-6H,7H2,1-3H3,(H2,14,15,20,21). The summed E-state index contributed by atoms with van der Waals surface area (Å²) in [5.41, 5.74) is 1.69. The van der Waals surface area contributed by atoms with E-state index in [0.717, 1.165) is 17.3 Å². The van der Waals surface area contributed by atoms with E-state index in [1.54, 1.807) is 7.11 Å². The smallest absolute Gasteiger partial charge is 0.321 e. The van der Waals surface area contributed by atoms with E-state index < -0.39 is 11.9 Å². The predicted molar refractivity (Wildman–Crippen MR) is 83.8 cm³/mol. The van der Waals surface area contributed by atoms with Crippen molar-refractivity contribution in [2.24, 2.45) is 0 Å². The molecule has 9 nitrogen and oxygen atoms in total. The topological polar surface area (TPSA) is 111 Å². The lowest BCUT2D eigenvalue weighted by molar-refractivity contribution is -0.117. The highest BCUT2D eigenvalue weighted by atomic mass is 32.2. The molecule has 2 N–H and O–H groups in total. The molecule has 1 aromatic carbocycles. The van der Waals surface area contributed by atoms with E-state index in [1.165, 1.54) is 11.7 Å². The number of rotatable bonds is 5. The quantitative estimate of drug-likeness (QED) is 0.766. The Hall–Kier alpha value is -2.62. The third-order valence-electron chi connectivity index (χ3n) is 2.82. The van der Waals surface area contributed by atoms with E-state index in [0.29, 0.717) is 16.6 Å². The number of carbonyl (C=O) groups is 2.